The highest BCUT2D eigenvalue weighted by Crippen LogP contribution is 2.32. The molecule has 0 saturated heterocycles. The van der Waals surface area contributed by atoms with Gasteiger partial charge in [-0.05, 0) is 24.3 Å². The van der Waals surface area contributed by atoms with E-state index in [1.165, 1.54) is 0 Å². The summed E-state index contributed by atoms with van der Waals surface area (Å²) >= 11 is 0. The summed E-state index contributed by atoms with van der Waals surface area (Å²) in [5.74, 6) is 0.377. The zero-order valence-electron chi connectivity index (χ0n) is 9.67. The molecule has 3 aromatic rings. The molecule has 92 valence electrons. The van der Waals surface area contributed by atoms with E-state index in [2.05, 4.69) is 0 Å². The Morgan fingerprint density at radius 1 is 0.833 bits per heavy atom. The van der Waals surface area contributed by atoms with Crippen molar-refractivity contribution in [3.63, 3.8) is 0 Å². The Balaban J connectivity index is 2.48. The van der Waals surface area contributed by atoms with Gasteiger partial charge in [0.15, 0.2) is 0 Å². The molecule has 18 heavy (non-hydrogen) atoms. The van der Waals surface area contributed by atoms with Gasteiger partial charge in [0.1, 0.15) is 11.5 Å². The SMILES string of the molecule is OCCn1c2cc(O)ccc2c2ccc(O)cc21. The number of aliphatic hydroxyl groups is 1. The van der Waals surface area contributed by atoms with Crippen LogP contribution in [0.5, 0.6) is 11.5 Å². The summed E-state index contributed by atoms with van der Waals surface area (Å²) in [6.45, 7) is 0.428. The van der Waals surface area contributed by atoms with E-state index in [9.17, 15) is 10.2 Å². The minimum Gasteiger partial charge on any atom is -0.508 e. The third-order valence-electron chi connectivity index (χ3n) is 3.16. The molecule has 0 amide bonds. The van der Waals surface area contributed by atoms with Crippen LogP contribution in [0.4, 0.5) is 0 Å². The quantitative estimate of drug-likeness (QED) is 0.646. The van der Waals surface area contributed by atoms with E-state index < -0.39 is 0 Å². The topological polar surface area (TPSA) is 65.6 Å². The number of benzene rings is 2. The Kier molecular flexibility index (Phi) is 2.38. The lowest BCUT2D eigenvalue weighted by molar-refractivity contribution is 0.280. The Hall–Kier alpha value is -2.20. The summed E-state index contributed by atoms with van der Waals surface area (Å²) < 4.78 is 1.89. The predicted molar refractivity (Wildman–Crippen MR) is 69.9 cm³/mol. The number of hydrogen-bond acceptors (Lipinski definition) is 3. The lowest BCUT2D eigenvalue weighted by Crippen LogP contribution is -2.01. The largest absolute Gasteiger partial charge is 0.508 e. The maximum Gasteiger partial charge on any atom is 0.117 e. The Labute approximate surface area is 103 Å². The summed E-state index contributed by atoms with van der Waals surface area (Å²) in [7, 11) is 0. The van der Waals surface area contributed by atoms with Crippen molar-refractivity contribution < 1.29 is 15.3 Å². The zero-order valence-corrected chi connectivity index (χ0v) is 9.67. The van der Waals surface area contributed by atoms with Gasteiger partial charge in [0.2, 0.25) is 0 Å². The number of fused-ring (bicyclic) bond motifs is 3. The first-order chi connectivity index (χ1) is 8.70. The van der Waals surface area contributed by atoms with Gasteiger partial charge in [-0.25, -0.2) is 0 Å². The van der Waals surface area contributed by atoms with Crippen molar-refractivity contribution in [2.45, 2.75) is 6.54 Å². The summed E-state index contributed by atoms with van der Waals surface area (Å²) in [5, 5.41) is 30.3. The second-order valence-electron chi connectivity index (χ2n) is 4.28. The van der Waals surface area contributed by atoms with Crippen LogP contribution in [0.3, 0.4) is 0 Å². The average Bonchev–Trinajstić information content (AvgIpc) is 2.63. The fraction of sp³-hybridized carbons (Fsp3) is 0.143. The minimum absolute atomic E-state index is 0.00416. The molecule has 2 aromatic carbocycles. The van der Waals surface area contributed by atoms with Crippen molar-refractivity contribution in [3.05, 3.63) is 36.4 Å². The number of phenolic OH excluding ortho intramolecular Hbond substituents is 2. The van der Waals surface area contributed by atoms with Crippen LogP contribution in [-0.2, 0) is 6.54 Å². The molecular formula is C14H13NO3. The van der Waals surface area contributed by atoms with Gasteiger partial charge in [0, 0.05) is 29.4 Å². The molecule has 4 heteroatoms. The lowest BCUT2D eigenvalue weighted by Gasteiger charge is -2.05. The van der Waals surface area contributed by atoms with E-state index in [4.69, 9.17) is 5.11 Å². The highest BCUT2D eigenvalue weighted by molar-refractivity contribution is 6.08. The molecule has 0 spiro atoms. The molecule has 0 saturated carbocycles. The number of aromatic hydroxyl groups is 2. The molecule has 0 atom stereocenters. The van der Waals surface area contributed by atoms with E-state index in [1.807, 2.05) is 16.7 Å². The van der Waals surface area contributed by atoms with Crippen LogP contribution < -0.4 is 0 Å². The average molecular weight is 243 g/mol. The van der Waals surface area contributed by atoms with Gasteiger partial charge in [-0.15, -0.1) is 0 Å². The smallest absolute Gasteiger partial charge is 0.117 e. The second kappa shape index (κ2) is 3.92. The molecule has 0 fully saturated rings. The first-order valence-electron chi connectivity index (χ1n) is 5.75. The number of phenols is 2. The Morgan fingerprint density at radius 2 is 1.33 bits per heavy atom. The molecule has 4 nitrogen and oxygen atoms in total. The first kappa shape index (κ1) is 10.9. The van der Waals surface area contributed by atoms with Gasteiger partial charge < -0.3 is 19.9 Å². The van der Waals surface area contributed by atoms with Crippen molar-refractivity contribution in [2.75, 3.05) is 6.61 Å². The van der Waals surface area contributed by atoms with E-state index in [1.54, 1.807) is 24.3 Å². The highest BCUT2D eigenvalue weighted by atomic mass is 16.3. The predicted octanol–water partition coefficient (Wildman–Crippen LogP) is 2.20. The normalized spacial score (nSPS) is 11.4. The van der Waals surface area contributed by atoms with Gasteiger partial charge in [-0.2, -0.15) is 0 Å². The number of aliphatic hydroxyl groups excluding tert-OH is 1. The first-order valence-corrected chi connectivity index (χ1v) is 5.75. The molecule has 0 aliphatic carbocycles. The van der Waals surface area contributed by atoms with Gasteiger partial charge in [0.25, 0.3) is 0 Å². The molecule has 1 heterocycles. The Morgan fingerprint density at radius 3 is 1.78 bits per heavy atom. The van der Waals surface area contributed by atoms with Crippen molar-refractivity contribution >= 4 is 21.8 Å². The maximum absolute atomic E-state index is 9.58. The second-order valence-corrected chi connectivity index (χ2v) is 4.28. The lowest BCUT2D eigenvalue weighted by atomic mass is 10.1. The number of nitrogens with zero attached hydrogens (tertiary/aromatic N) is 1. The van der Waals surface area contributed by atoms with E-state index >= 15 is 0 Å². The van der Waals surface area contributed by atoms with E-state index in [0.29, 0.717) is 6.54 Å². The van der Waals surface area contributed by atoms with E-state index in [-0.39, 0.29) is 18.1 Å². The molecule has 1 aromatic heterocycles. The van der Waals surface area contributed by atoms with Gasteiger partial charge in [0.05, 0.1) is 17.6 Å². The van der Waals surface area contributed by atoms with Crippen molar-refractivity contribution in [3.8, 4) is 11.5 Å². The van der Waals surface area contributed by atoms with Crippen LogP contribution in [-0.4, -0.2) is 26.5 Å². The number of hydrogen-bond donors (Lipinski definition) is 3. The summed E-state index contributed by atoms with van der Waals surface area (Å²) in [4.78, 5) is 0. The van der Waals surface area contributed by atoms with Crippen LogP contribution in [0.1, 0.15) is 0 Å². The fourth-order valence-corrected chi connectivity index (χ4v) is 2.41. The fourth-order valence-electron chi connectivity index (χ4n) is 2.41. The monoisotopic (exact) mass is 243 g/mol. The van der Waals surface area contributed by atoms with Gasteiger partial charge in [-0.1, -0.05) is 0 Å². The van der Waals surface area contributed by atoms with Crippen molar-refractivity contribution in [1.82, 2.24) is 4.57 Å². The summed E-state index contributed by atoms with van der Waals surface area (Å²) in [6.07, 6.45) is 0. The summed E-state index contributed by atoms with van der Waals surface area (Å²) in [5.41, 5.74) is 1.70. The maximum atomic E-state index is 9.58. The van der Waals surface area contributed by atoms with Crippen LogP contribution >= 0.6 is 0 Å². The third kappa shape index (κ3) is 1.50. The molecule has 0 unspecified atom stereocenters. The highest BCUT2D eigenvalue weighted by Gasteiger charge is 2.11. The molecular weight excluding hydrogens is 230 g/mol. The van der Waals surface area contributed by atoms with Crippen molar-refractivity contribution in [1.29, 1.82) is 0 Å². The zero-order chi connectivity index (χ0) is 12.7. The standard InChI is InChI=1S/C14H13NO3/c16-6-5-15-13-7-9(17)1-3-11(13)12-4-2-10(18)8-14(12)15/h1-4,7-8,16-18H,5-6H2. The third-order valence-corrected chi connectivity index (χ3v) is 3.16. The molecule has 0 aliphatic heterocycles. The molecule has 0 bridgehead atoms. The summed E-state index contributed by atoms with van der Waals surface area (Å²) in [6, 6.07) is 10.3. The number of aromatic nitrogens is 1. The Bertz CT molecular complexity index is 671. The van der Waals surface area contributed by atoms with Crippen LogP contribution in [0.2, 0.25) is 0 Å². The van der Waals surface area contributed by atoms with Gasteiger partial charge in [-0.3, -0.25) is 0 Å². The number of rotatable bonds is 2. The van der Waals surface area contributed by atoms with Gasteiger partial charge >= 0.3 is 0 Å². The van der Waals surface area contributed by atoms with Crippen LogP contribution in [0.25, 0.3) is 21.8 Å². The van der Waals surface area contributed by atoms with Crippen molar-refractivity contribution in [2.24, 2.45) is 0 Å². The molecule has 3 N–H and O–H groups in total. The van der Waals surface area contributed by atoms with Crippen LogP contribution in [0.15, 0.2) is 36.4 Å². The molecule has 0 radical (unpaired) electrons. The van der Waals surface area contributed by atoms with Crippen LogP contribution in [0, 0.1) is 0 Å². The molecule has 3 rings (SSSR count). The minimum atomic E-state index is 0.00416. The van der Waals surface area contributed by atoms with E-state index in [0.717, 1.165) is 21.8 Å². The molecule has 0 aliphatic rings.